The van der Waals surface area contributed by atoms with Gasteiger partial charge in [0.2, 0.25) is 5.82 Å². The number of aromatic nitrogens is 1. The molecule has 0 aliphatic carbocycles. The predicted octanol–water partition coefficient (Wildman–Crippen LogP) is 5.50. The van der Waals surface area contributed by atoms with Crippen molar-refractivity contribution >= 4 is 10.9 Å². The van der Waals surface area contributed by atoms with Gasteiger partial charge in [0.1, 0.15) is 6.10 Å². The molecule has 0 unspecified atom stereocenters. The van der Waals surface area contributed by atoms with E-state index in [4.69, 9.17) is 9.47 Å². The highest BCUT2D eigenvalue weighted by molar-refractivity contribution is 5.84. The van der Waals surface area contributed by atoms with Crippen LogP contribution in [0.2, 0.25) is 0 Å². The number of pyridine rings is 1. The zero-order valence-corrected chi connectivity index (χ0v) is 18.3. The summed E-state index contributed by atoms with van der Waals surface area (Å²) in [5, 5.41) is 9.38. The lowest BCUT2D eigenvalue weighted by atomic mass is 9.76. The normalized spacial score (nSPS) is 24.9. The van der Waals surface area contributed by atoms with Crippen molar-refractivity contribution < 1.29 is 31.4 Å². The van der Waals surface area contributed by atoms with Gasteiger partial charge in [-0.1, -0.05) is 19.1 Å². The van der Waals surface area contributed by atoms with Gasteiger partial charge < -0.3 is 14.5 Å². The molecule has 1 aliphatic heterocycles. The second-order valence-corrected chi connectivity index (χ2v) is 8.37. The molecule has 0 bridgehead atoms. The van der Waals surface area contributed by atoms with E-state index >= 15 is 0 Å². The number of alkyl halides is 3. The fourth-order valence-corrected chi connectivity index (χ4v) is 4.65. The number of hydrogen-bond acceptors (Lipinski definition) is 4. The van der Waals surface area contributed by atoms with Crippen LogP contribution in [0.5, 0.6) is 5.75 Å². The van der Waals surface area contributed by atoms with Crippen LogP contribution in [0.25, 0.3) is 10.9 Å². The van der Waals surface area contributed by atoms with E-state index in [9.17, 15) is 32.0 Å². The topological polar surface area (TPSA) is 75.1 Å². The number of methoxy groups -OCH3 is 1. The first-order valence-electron chi connectivity index (χ1n) is 10.3. The van der Waals surface area contributed by atoms with Gasteiger partial charge in [-0.2, -0.15) is 22.8 Å². The van der Waals surface area contributed by atoms with Crippen LogP contribution in [0.4, 0.5) is 22.0 Å². The molecule has 4 atom stereocenters. The van der Waals surface area contributed by atoms with Gasteiger partial charge in [0, 0.05) is 29.2 Å². The Hall–Kier alpha value is -3.45. The van der Waals surface area contributed by atoms with Gasteiger partial charge in [-0.05, 0) is 25.1 Å². The third-order valence-electron chi connectivity index (χ3n) is 6.62. The number of aromatic amines is 1. The van der Waals surface area contributed by atoms with Crippen LogP contribution in [0.15, 0.2) is 41.2 Å². The lowest BCUT2D eigenvalue weighted by Crippen LogP contribution is -2.46. The molecule has 34 heavy (non-hydrogen) atoms. The Morgan fingerprint density at radius 2 is 1.91 bits per heavy atom. The van der Waals surface area contributed by atoms with Crippen molar-refractivity contribution in [1.82, 2.24) is 4.98 Å². The molecule has 5 nitrogen and oxygen atoms in total. The average molecular weight is 478 g/mol. The summed E-state index contributed by atoms with van der Waals surface area (Å²) in [5.74, 6) is -5.53. The van der Waals surface area contributed by atoms with Crippen LogP contribution in [-0.2, 0) is 4.74 Å². The van der Waals surface area contributed by atoms with Crippen LogP contribution < -0.4 is 10.2 Å². The Labute approximate surface area is 190 Å². The molecule has 0 spiro atoms. The first-order chi connectivity index (χ1) is 15.9. The molecular weight excluding hydrogens is 459 g/mol. The fraction of sp³-hybridized carbons (Fsp3) is 0.333. The van der Waals surface area contributed by atoms with Crippen molar-refractivity contribution in [2.75, 3.05) is 7.11 Å². The number of H-pyrrole nitrogens is 1. The molecular formula is C24H19F5N2O3. The molecule has 2 heterocycles. The standard InChI is InChI=1S/C24H19F5N2O3/c1-11-18(13-7-8-14(25)20(26)21(13)33-3)22(34-23(11,2)24(27,28)29)16-9-17(32)19-12(10-30)5-4-6-15(19)31-16/h4-9,11,18,22H,1-3H3,(H,31,32)/t11-,18-,22-,23+/m0/s1. The van der Waals surface area contributed by atoms with Crippen molar-refractivity contribution in [2.45, 2.75) is 37.6 Å². The summed E-state index contributed by atoms with van der Waals surface area (Å²) in [7, 11) is 1.08. The molecule has 3 aromatic rings. The zero-order valence-electron chi connectivity index (χ0n) is 18.3. The first-order valence-corrected chi connectivity index (χ1v) is 10.3. The van der Waals surface area contributed by atoms with Gasteiger partial charge in [-0.15, -0.1) is 0 Å². The first kappa shape index (κ1) is 23.7. The minimum absolute atomic E-state index is 0.00389. The van der Waals surface area contributed by atoms with E-state index in [1.807, 2.05) is 6.07 Å². The van der Waals surface area contributed by atoms with Crippen LogP contribution in [0.1, 0.15) is 42.7 Å². The molecule has 4 rings (SSSR count). The minimum atomic E-state index is -4.81. The van der Waals surface area contributed by atoms with E-state index in [1.54, 1.807) is 0 Å². The van der Waals surface area contributed by atoms with Crippen molar-refractivity contribution in [3.63, 3.8) is 0 Å². The zero-order chi connectivity index (χ0) is 25.0. The molecule has 1 fully saturated rings. The molecule has 0 amide bonds. The summed E-state index contributed by atoms with van der Waals surface area (Å²) in [4.78, 5) is 15.8. The van der Waals surface area contributed by atoms with Gasteiger partial charge in [0.25, 0.3) is 0 Å². The maximum atomic E-state index is 14.5. The van der Waals surface area contributed by atoms with E-state index in [0.717, 1.165) is 32.2 Å². The second kappa shape index (κ2) is 8.09. The summed E-state index contributed by atoms with van der Waals surface area (Å²) in [5.41, 5.74) is -2.95. The van der Waals surface area contributed by atoms with Gasteiger partial charge in [-0.3, -0.25) is 4.79 Å². The molecule has 0 radical (unpaired) electrons. The van der Waals surface area contributed by atoms with Crippen molar-refractivity contribution in [1.29, 1.82) is 5.26 Å². The number of nitrogens with one attached hydrogen (secondary N) is 1. The van der Waals surface area contributed by atoms with E-state index < -0.39 is 52.5 Å². The van der Waals surface area contributed by atoms with Crippen molar-refractivity contribution in [2.24, 2.45) is 5.92 Å². The SMILES string of the molecule is COc1c([C@H]2[C@H](c3cc(=O)c4c(C#N)cccc4[nH]3)O[C@@](C)(C(F)(F)F)[C@H]2C)ccc(F)c1F. The lowest BCUT2D eigenvalue weighted by molar-refractivity contribution is -0.275. The third kappa shape index (κ3) is 3.42. The lowest BCUT2D eigenvalue weighted by Gasteiger charge is -2.32. The Balaban J connectivity index is 1.98. The number of ether oxygens (including phenoxy) is 2. The highest BCUT2D eigenvalue weighted by atomic mass is 19.4. The van der Waals surface area contributed by atoms with E-state index in [0.29, 0.717) is 0 Å². The van der Waals surface area contributed by atoms with Crippen LogP contribution in [0.3, 0.4) is 0 Å². The average Bonchev–Trinajstić information content (AvgIpc) is 3.06. The number of rotatable bonds is 3. The largest absolute Gasteiger partial charge is 0.493 e. The molecule has 0 saturated carbocycles. The summed E-state index contributed by atoms with van der Waals surface area (Å²) < 4.78 is 81.3. The Kier molecular flexibility index (Phi) is 5.64. The van der Waals surface area contributed by atoms with Crippen molar-refractivity contribution in [3.05, 3.63) is 75.1 Å². The number of nitriles is 1. The number of halogens is 5. The molecule has 2 aromatic carbocycles. The number of benzene rings is 2. The second-order valence-electron chi connectivity index (χ2n) is 8.37. The van der Waals surface area contributed by atoms with Gasteiger partial charge >= 0.3 is 6.18 Å². The van der Waals surface area contributed by atoms with Crippen molar-refractivity contribution in [3.8, 4) is 11.8 Å². The molecule has 1 aliphatic rings. The maximum absolute atomic E-state index is 14.5. The highest BCUT2D eigenvalue weighted by Gasteiger charge is 2.65. The molecule has 10 heteroatoms. The van der Waals surface area contributed by atoms with Gasteiger partial charge in [-0.25, -0.2) is 4.39 Å². The summed E-state index contributed by atoms with van der Waals surface area (Å²) in [6.45, 7) is 2.18. The smallest absolute Gasteiger partial charge is 0.417 e. The summed E-state index contributed by atoms with van der Waals surface area (Å²) >= 11 is 0. The van der Waals surface area contributed by atoms with Crippen LogP contribution in [-0.4, -0.2) is 23.9 Å². The number of hydrogen-bond donors (Lipinski definition) is 1. The van der Waals surface area contributed by atoms with Gasteiger partial charge in [0.05, 0.1) is 29.6 Å². The molecule has 1 saturated heterocycles. The predicted molar refractivity (Wildman–Crippen MR) is 112 cm³/mol. The van der Waals surface area contributed by atoms with E-state index in [2.05, 4.69) is 4.98 Å². The fourth-order valence-electron chi connectivity index (χ4n) is 4.65. The Bertz CT molecular complexity index is 1380. The number of fused-ring (bicyclic) bond motifs is 1. The molecule has 178 valence electrons. The molecule has 1 N–H and O–H groups in total. The van der Waals surface area contributed by atoms with E-state index in [-0.39, 0.29) is 27.7 Å². The molecule has 1 aromatic heterocycles. The van der Waals surface area contributed by atoms with Gasteiger partial charge in [0.15, 0.2) is 22.6 Å². The maximum Gasteiger partial charge on any atom is 0.417 e. The monoisotopic (exact) mass is 478 g/mol. The number of nitrogens with zero attached hydrogens (tertiary/aromatic N) is 1. The minimum Gasteiger partial charge on any atom is -0.493 e. The quantitative estimate of drug-likeness (QED) is 0.505. The Morgan fingerprint density at radius 3 is 2.53 bits per heavy atom. The third-order valence-corrected chi connectivity index (χ3v) is 6.62. The summed E-state index contributed by atoms with van der Waals surface area (Å²) in [6, 6.07) is 9.42. The van der Waals surface area contributed by atoms with E-state index in [1.165, 1.54) is 25.1 Å². The highest BCUT2D eigenvalue weighted by Crippen LogP contribution is 2.59. The van der Waals surface area contributed by atoms with Crippen LogP contribution in [0, 0.1) is 28.9 Å². The summed E-state index contributed by atoms with van der Waals surface area (Å²) in [6.07, 6.45) is -6.20. The Morgan fingerprint density at radius 1 is 1.21 bits per heavy atom. The van der Waals surface area contributed by atoms with Crippen LogP contribution >= 0.6 is 0 Å².